The van der Waals surface area contributed by atoms with Crippen LogP contribution >= 0.6 is 0 Å². The molecule has 0 rings (SSSR count). The largest absolute Gasteiger partial charge is 0.373 e. The Bertz CT molecular complexity index is 157. The molecular weight excluding hydrogens is 138 g/mol. The molecular formula is C9H15NO. The van der Waals surface area contributed by atoms with E-state index in [2.05, 4.69) is 25.3 Å². The Morgan fingerprint density at radius 3 is 2.36 bits per heavy atom. The van der Waals surface area contributed by atoms with Crippen LogP contribution in [0.1, 0.15) is 13.8 Å². The second-order valence-corrected chi connectivity index (χ2v) is 2.16. The molecule has 2 nitrogen and oxygen atoms in total. The summed E-state index contributed by atoms with van der Waals surface area (Å²) in [5, 5.41) is 0. The molecule has 0 aromatic heterocycles. The predicted molar refractivity (Wildman–Crippen MR) is 47.3 cm³/mol. The molecule has 0 atom stereocenters. The van der Waals surface area contributed by atoms with Crippen molar-refractivity contribution in [3.05, 3.63) is 24.4 Å². The summed E-state index contributed by atoms with van der Waals surface area (Å²) < 4.78 is 0. The zero-order valence-electron chi connectivity index (χ0n) is 7.21. The van der Waals surface area contributed by atoms with E-state index in [1.165, 1.54) is 6.08 Å². The third-order valence-corrected chi connectivity index (χ3v) is 1.54. The van der Waals surface area contributed by atoms with Gasteiger partial charge < -0.3 is 4.90 Å². The van der Waals surface area contributed by atoms with Crippen molar-refractivity contribution in [1.82, 2.24) is 4.90 Å². The number of rotatable bonds is 5. The van der Waals surface area contributed by atoms with Gasteiger partial charge in [0.2, 0.25) is 0 Å². The summed E-state index contributed by atoms with van der Waals surface area (Å²) in [5.41, 5.74) is 0.891. The Morgan fingerprint density at radius 1 is 1.45 bits per heavy atom. The molecule has 0 saturated carbocycles. The minimum absolute atomic E-state index is 0.759. The molecule has 0 aliphatic rings. The molecule has 0 bridgehead atoms. The van der Waals surface area contributed by atoms with Crippen LogP contribution in [0.3, 0.4) is 0 Å². The lowest BCUT2D eigenvalue weighted by Crippen LogP contribution is -2.20. The van der Waals surface area contributed by atoms with Gasteiger partial charge in [0.1, 0.15) is 6.29 Å². The van der Waals surface area contributed by atoms with E-state index in [9.17, 15) is 4.79 Å². The van der Waals surface area contributed by atoms with Crippen LogP contribution < -0.4 is 0 Å². The van der Waals surface area contributed by atoms with E-state index in [4.69, 9.17) is 0 Å². The first kappa shape index (κ1) is 9.95. The van der Waals surface area contributed by atoms with E-state index in [1.54, 1.807) is 6.08 Å². The van der Waals surface area contributed by atoms with Gasteiger partial charge in [0, 0.05) is 18.8 Å². The minimum atomic E-state index is 0.759. The normalized spacial score (nSPS) is 10.0. The lowest BCUT2D eigenvalue weighted by atomic mass is 10.3. The van der Waals surface area contributed by atoms with Crippen LogP contribution in [0.5, 0.6) is 0 Å². The average Bonchev–Trinajstić information content (AvgIpc) is 2.03. The number of carbonyl (C=O) groups excluding carboxylic acids is 1. The molecule has 11 heavy (non-hydrogen) atoms. The zero-order valence-corrected chi connectivity index (χ0v) is 7.21. The summed E-state index contributed by atoms with van der Waals surface area (Å²) in [5.74, 6) is 0. The van der Waals surface area contributed by atoms with Crippen molar-refractivity contribution in [2.45, 2.75) is 13.8 Å². The predicted octanol–water partition coefficient (Wildman–Crippen LogP) is 1.60. The molecule has 0 N–H and O–H groups in total. The summed E-state index contributed by atoms with van der Waals surface area (Å²) >= 11 is 0. The van der Waals surface area contributed by atoms with E-state index in [1.807, 2.05) is 0 Å². The smallest absolute Gasteiger partial charge is 0.142 e. The fraction of sp³-hybridized carbons (Fsp3) is 0.444. The fourth-order valence-corrected chi connectivity index (χ4v) is 0.886. The summed E-state index contributed by atoms with van der Waals surface area (Å²) in [6.07, 6.45) is 3.94. The monoisotopic (exact) mass is 153 g/mol. The van der Waals surface area contributed by atoms with Gasteiger partial charge in [-0.25, -0.2) is 0 Å². The Hall–Kier alpha value is -1.05. The molecule has 0 amide bonds. The highest BCUT2D eigenvalue weighted by atomic mass is 16.1. The van der Waals surface area contributed by atoms with Gasteiger partial charge >= 0.3 is 0 Å². The van der Waals surface area contributed by atoms with Gasteiger partial charge in [0.05, 0.1) is 0 Å². The van der Waals surface area contributed by atoms with Crippen molar-refractivity contribution in [2.24, 2.45) is 0 Å². The maximum absolute atomic E-state index is 9.96. The van der Waals surface area contributed by atoms with Gasteiger partial charge in [-0.15, -0.1) is 0 Å². The van der Waals surface area contributed by atoms with Crippen LogP contribution in [0, 0.1) is 0 Å². The van der Waals surface area contributed by atoms with Gasteiger partial charge in [-0.2, -0.15) is 0 Å². The van der Waals surface area contributed by atoms with E-state index in [0.717, 1.165) is 25.1 Å². The molecule has 0 radical (unpaired) electrons. The van der Waals surface area contributed by atoms with Gasteiger partial charge in [-0.1, -0.05) is 6.58 Å². The quantitative estimate of drug-likeness (QED) is 0.339. The van der Waals surface area contributed by atoms with Gasteiger partial charge in [0.15, 0.2) is 0 Å². The van der Waals surface area contributed by atoms with Crippen LogP contribution in [-0.4, -0.2) is 24.3 Å². The Balaban J connectivity index is 3.98. The highest BCUT2D eigenvalue weighted by Crippen LogP contribution is 2.00. The fourth-order valence-electron chi connectivity index (χ4n) is 0.886. The van der Waals surface area contributed by atoms with Crippen LogP contribution in [0.4, 0.5) is 0 Å². The Kier molecular flexibility index (Phi) is 5.17. The first-order chi connectivity index (χ1) is 5.26. The number of allylic oxidation sites excluding steroid dienone is 2. The number of carbonyl (C=O) groups is 1. The second kappa shape index (κ2) is 5.71. The Morgan fingerprint density at radius 2 is 2.00 bits per heavy atom. The third kappa shape index (κ3) is 3.61. The number of likely N-dealkylation sites (N-methyl/N-ethyl adjacent to an activating group) is 1. The summed E-state index contributed by atoms with van der Waals surface area (Å²) in [6.45, 7) is 9.79. The number of hydrogen-bond acceptors (Lipinski definition) is 2. The standard InChI is InChI=1S/C9H15NO/c1-4-10(5-2)9(3)7-6-8-11/h6-8H,3-5H2,1-2H3. The molecule has 0 spiro atoms. The van der Waals surface area contributed by atoms with E-state index >= 15 is 0 Å². The van der Waals surface area contributed by atoms with Crippen molar-refractivity contribution in [3.8, 4) is 0 Å². The SMILES string of the molecule is C=C(C=CC=O)N(CC)CC. The first-order valence-electron chi connectivity index (χ1n) is 3.81. The molecule has 0 heterocycles. The lowest BCUT2D eigenvalue weighted by molar-refractivity contribution is -0.104. The van der Waals surface area contributed by atoms with E-state index in [-0.39, 0.29) is 0 Å². The van der Waals surface area contributed by atoms with Crippen molar-refractivity contribution < 1.29 is 4.79 Å². The van der Waals surface area contributed by atoms with E-state index in [0.29, 0.717) is 0 Å². The maximum atomic E-state index is 9.96. The molecule has 0 aliphatic carbocycles. The van der Waals surface area contributed by atoms with Gasteiger partial charge in [-0.3, -0.25) is 4.79 Å². The molecule has 0 aromatic carbocycles. The molecule has 0 aromatic rings. The molecule has 0 unspecified atom stereocenters. The third-order valence-electron chi connectivity index (χ3n) is 1.54. The summed E-state index contributed by atoms with van der Waals surface area (Å²) in [7, 11) is 0. The lowest BCUT2D eigenvalue weighted by Gasteiger charge is -2.20. The Labute approximate surface area is 68.2 Å². The average molecular weight is 153 g/mol. The number of hydrogen-bond donors (Lipinski definition) is 0. The highest BCUT2D eigenvalue weighted by molar-refractivity contribution is 5.65. The van der Waals surface area contributed by atoms with Gasteiger partial charge in [0.25, 0.3) is 0 Å². The van der Waals surface area contributed by atoms with Crippen molar-refractivity contribution in [3.63, 3.8) is 0 Å². The molecule has 2 heteroatoms. The van der Waals surface area contributed by atoms with Crippen molar-refractivity contribution in [2.75, 3.05) is 13.1 Å². The highest BCUT2D eigenvalue weighted by Gasteiger charge is 1.96. The van der Waals surface area contributed by atoms with Crippen LogP contribution in [0.2, 0.25) is 0 Å². The maximum Gasteiger partial charge on any atom is 0.142 e. The van der Waals surface area contributed by atoms with Crippen molar-refractivity contribution in [1.29, 1.82) is 0 Å². The van der Waals surface area contributed by atoms with Gasteiger partial charge in [-0.05, 0) is 26.0 Å². The number of aldehydes is 1. The minimum Gasteiger partial charge on any atom is -0.373 e. The summed E-state index contributed by atoms with van der Waals surface area (Å²) in [6, 6.07) is 0. The molecule has 62 valence electrons. The van der Waals surface area contributed by atoms with Crippen LogP contribution in [0.25, 0.3) is 0 Å². The molecule has 0 aliphatic heterocycles. The molecule has 0 fully saturated rings. The second-order valence-electron chi connectivity index (χ2n) is 2.16. The van der Waals surface area contributed by atoms with E-state index < -0.39 is 0 Å². The van der Waals surface area contributed by atoms with Crippen LogP contribution in [-0.2, 0) is 4.79 Å². The van der Waals surface area contributed by atoms with Crippen LogP contribution in [0.15, 0.2) is 24.4 Å². The molecule has 0 saturated heterocycles. The summed E-state index contributed by atoms with van der Waals surface area (Å²) in [4.78, 5) is 12.0. The first-order valence-corrected chi connectivity index (χ1v) is 3.81. The number of nitrogens with zero attached hydrogens (tertiary/aromatic N) is 1. The zero-order chi connectivity index (χ0) is 8.69. The van der Waals surface area contributed by atoms with Crippen molar-refractivity contribution >= 4 is 6.29 Å². The topological polar surface area (TPSA) is 20.3 Å².